The molecule has 3 aromatic rings. The monoisotopic (exact) mass is 455 g/mol. The lowest BCUT2D eigenvalue weighted by molar-refractivity contribution is -0.119. The number of nitrogen functional groups attached to an aromatic ring is 1. The predicted molar refractivity (Wildman–Crippen MR) is 114 cm³/mol. The molecule has 0 unspecified atom stereocenters. The van der Waals surface area contributed by atoms with Crippen molar-refractivity contribution in [2.45, 2.75) is 6.42 Å². The van der Waals surface area contributed by atoms with Crippen LogP contribution in [0.3, 0.4) is 0 Å². The zero-order chi connectivity index (χ0) is 20.6. The van der Waals surface area contributed by atoms with Crippen LogP contribution in [-0.4, -0.2) is 21.8 Å². The van der Waals surface area contributed by atoms with Gasteiger partial charge in [0.1, 0.15) is 12.0 Å². The van der Waals surface area contributed by atoms with Crippen molar-refractivity contribution in [3.63, 3.8) is 0 Å². The Kier molecular flexibility index (Phi) is 6.59. The van der Waals surface area contributed by atoms with Crippen LogP contribution < -0.4 is 27.4 Å². The molecule has 29 heavy (non-hydrogen) atoms. The molecule has 0 saturated carbocycles. The third-order valence-electron chi connectivity index (χ3n) is 3.82. The molecule has 148 valence electrons. The largest absolute Gasteiger partial charge is 0.393 e. The average molecular weight is 456 g/mol. The quantitative estimate of drug-likeness (QED) is 0.345. The topological polar surface area (TPSA) is 134 Å². The van der Waals surface area contributed by atoms with Gasteiger partial charge in [-0.2, -0.15) is 0 Å². The Morgan fingerprint density at radius 1 is 0.897 bits per heavy atom. The molecule has 0 fully saturated rings. The summed E-state index contributed by atoms with van der Waals surface area (Å²) in [7, 11) is 0. The zero-order valence-electron chi connectivity index (χ0n) is 15.1. The maximum Gasteiger partial charge on any atom is 0.270 e. The number of anilines is 3. The summed E-state index contributed by atoms with van der Waals surface area (Å²) < 4.78 is 0.651. The van der Waals surface area contributed by atoms with Crippen molar-refractivity contribution in [3.05, 3.63) is 76.5 Å². The van der Waals surface area contributed by atoms with Crippen LogP contribution in [0.2, 0.25) is 0 Å². The molecule has 0 aliphatic heterocycles. The molecule has 1 heterocycles. The Morgan fingerprint density at radius 2 is 1.52 bits per heavy atom. The Bertz CT molecular complexity index is 1010. The van der Waals surface area contributed by atoms with E-state index in [4.69, 9.17) is 5.73 Å². The van der Waals surface area contributed by atoms with Gasteiger partial charge in [-0.3, -0.25) is 31.3 Å². The van der Waals surface area contributed by atoms with E-state index in [1.54, 1.807) is 24.3 Å². The molecule has 6 N–H and O–H groups in total. The van der Waals surface area contributed by atoms with Gasteiger partial charge in [0.15, 0.2) is 11.6 Å². The van der Waals surface area contributed by atoms with Crippen LogP contribution in [0.5, 0.6) is 0 Å². The van der Waals surface area contributed by atoms with Gasteiger partial charge in [-0.25, -0.2) is 9.97 Å². The lowest BCUT2D eigenvalue weighted by atomic mass is 10.1. The highest BCUT2D eigenvalue weighted by atomic mass is 79.9. The van der Waals surface area contributed by atoms with Crippen molar-refractivity contribution in [3.8, 4) is 0 Å². The summed E-state index contributed by atoms with van der Waals surface area (Å²) >= 11 is 3.32. The SMILES string of the molecule is Nc1c(NNC(=O)Cc2ccccc2)ncnc1NNC(=O)c1ccccc1Br. The number of benzene rings is 2. The number of carbonyl (C=O) groups is 2. The van der Waals surface area contributed by atoms with Gasteiger partial charge in [0.25, 0.3) is 5.91 Å². The van der Waals surface area contributed by atoms with Gasteiger partial charge in [-0.05, 0) is 33.6 Å². The van der Waals surface area contributed by atoms with Gasteiger partial charge >= 0.3 is 0 Å². The predicted octanol–water partition coefficient (Wildman–Crippen LogP) is 2.26. The summed E-state index contributed by atoms with van der Waals surface area (Å²) in [4.78, 5) is 32.3. The van der Waals surface area contributed by atoms with Gasteiger partial charge in [0.2, 0.25) is 5.91 Å². The van der Waals surface area contributed by atoms with Crippen LogP contribution in [-0.2, 0) is 11.2 Å². The van der Waals surface area contributed by atoms with E-state index in [0.29, 0.717) is 10.0 Å². The molecule has 0 spiro atoms. The van der Waals surface area contributed by atoms with Crippen LogP contribution in [0.15, 0.2) is 65.4 Å². The lowest BCUT2D eigenvalue weighted by Gasteiger charge is -2.14. The van der Waals surface area contributed by atoms with Crippen molar-refractivity contribution in [1.29, 1.82) is 0 Å². The van der Waals surface area contributed by atoms with Crippen molar-refractivity contribution in [2.24, 2.45) is 0 Å². The molecule has 10 heteroatoms. The molecule has 0 aliphatic carbocycles. The van der Waals surface area contributed by atoms with E-state index >= 15 is 0 Å². The first kappa shape index (κ1) is 20.1. The van der Waals surface area contributed by atoms with E-state index in [0.717, 1.165) is 5.56 Å². The summed E-state index contributed by atoms with van der Waals surface area (Å²) in [6, 6.07) is 16.3. The van der Waals surface area contributed by atoms with Crippen molar-refractivity contribution < 1.29 is 9.59 Å². The molecular formula is C19H18BrN7O2. The maximum atomic E-state index is 12.3. The van der Waals surface area contributed by atoms with Crippen LogP contribution in [0.25, 0.3) is 0 Å². The second-order valence-electron chi connectivity index (χ2n) is 5.88. The standard InChI is InChI=1S/C19H18BrN7O2/c20-14-9-5-4-8-13(14)19(29)27-26-18-16(21)17(22-11-23-18)25-24-15(28)10-12-6-2-1-3-7-12/h1-9,11H,10,21H2,(H,24,28)(H,27,29)(H2,22,23,25,26). The van der Waals surface area contributed by atoms with E-state index in [-0.39, 0.29) is 35.6 Å². The summed E-state index contributed by atoms with van der Waals surface area (Å²) in [5.74, 6) is -0.258. The fourth-order valence-electron chi connectivity index (χ4n) is 2.38. The molecule has 3 rings (SSSR count). The van der Waals surface area contributed by atoms with Crippen LogP contribution in [0, 0.1) is 0 Å². The molecular weight excluding hydrogens is 438 g/mol. The molecule has 0 atom stereocenters. The Hall–Kier alpha value is -3.66. The minimum absolute atomic E-state index is 0.125. The van der Waals surface area contributed by atoms with E-state index < -0.39 is 0 Å². The highest BCUT2D eigenvalue weighted by Gasteiger charge is 2.12. The number of nitrogens with one attached hydrogen (secondary N) is 4. The highest BCUT2D eigenvalue weighted by molar-refractivity contribution is 9.10. The smallest absolute Gasteiger partial charge is 0.270 e. The summed E-state index contributed by atoms with van der Waals surface area (Å²) in [6.07, 6.45) is 1.45. The van der Waals surface area contributed by atoms with E-state index in [9.17, 15) is 9.59 Å². The Morgan fingerprint density at radius 3 is 2.21 bits per heavy atom. The fraction of sp³-hybridized carbons (Fsp3) is 0.0526. The first-order valence-corrected chi connectivity index (χ1v) is 9.34. The van der Waals surface area contributed by atoms with E-state index in [2.05, 4.69) is 47.6 Å². The number of hydrogen-bond acceptors (Lipinski definition) is 7. The first-order valence-electron chi connectivity index (χ1n) is 8.54. The average Bonchev–Trinajstić information content (AvgIpc) is 2.73. The number of aromatic nitrogens is 2. The summed E-state index contributed by atoms with van der Waals surface area (Å²) in [5, 5.41) is 0. The molecule has 2 amide bonds. The molecule has 0 bridgehead atoms. The molecule has 0 saturated heterocycles. The van der Waals surface area contributed by atoms with Crippen LogP contribution >= 0.6 is 15.9 Å². The fourth-order valence-corrected chi connectivity index (χ4v) is 2.84. The van der Waals surface area contributed by atoms with Crippen molar-refractivity contribution >= 4 is 45.1 Å². The first-order chi connectivity index (χ1) is 14.0. The van der Waals surface area contributed by atoms with Crippen LogP contribution in [0.1, 0.15) is 15.9 Å². The summed E-state index contributed by atoms with van der Waals surface area (Å²) in [6.45, 7) is 0. The molecule has 0 radical (unpaired) electrons. The third-order valence-corrected chi connectivity index (χ3v) is 4.52. The highest BCUT2D eigenvalue weighted by Crippen LogP contribution is 2.21. The Balaban J connectivity index is 1.58. The number of carbonyl (C=O) groups excluding carboxylic acids is 2. The maximum absolute atomic E-state index is 12.3. The minimum Gasteiger partial charge on any atom is -0.393 e. The second kappa shape index (κ2) is 9.51. The number of nitrogens with zero attached hydrogens (tertiary/aromatic N) is 2. The Labute approximate surface area is 175 Å². The van der Waals surface area contributed by atoms with E-state index in [1.807, 2.05) is 30.3 Å². The molecule has 9 nitrogen and oxygen atoms in total. The summed E-state index contributed by atoms with van der Waals surface area (Å²) in [5.41, 5.74) is 17.8. The normalized spacial score (nSPS) is 10.1. The number of hydrazine groups is 2. The number of rotatable bonds is 7. The lowest BCUT2D eigenvalue weighted by Crippen LogP contribution is -2.33. The van der Waals surface area contributed by atoms with Gasteiger partial charge in [-0.1, -0.05) is 42.5 Å². The zero-order valence-corrected chi connectivity index (χ0v) is 16.7. The van der Waals surface area contributed by atoms with Gasteiger partial charge < -0.3 is 5.73 Å². The number of hydrogen-bond donors (Lipinski definition) is 5. The van der Waals surface area contributed by atoms with Crippen molar-refractivity contribution in [2.75, 3.05) is 16.6 Å². The third kappa shape index (κ3) is 5.42. The molecule has 0 aliphatic rings. The molecule has 2 aromatic carbocycles. The van der Waals surface area contributed by atoms with E-state index in [1.165, 1.54) is 6.33 Å². The van der Waals surface area contributed by atoms with Gasteiger partial charge in [0.05, 0.1) is 12.0 Å². The van der Waals surface area contributed by atoms with Gasteiger partial charge in [0, 0.05) is 4.47 Å². The minimum atomic E-state index is -0.374. The number of nitrogens with two attached hydrogens (primary N) is 1. The second-order valence-corrected chi connectivity index (χ2v) is 6.73. The number of amides is 2. The van der Waals surface area contributed by atoms with Crippen molar-refractivity contribution in [1.82, 2.24) is 20.8 Å². The molecule has 1 aromatic heterocycles. The van der Waals surface area contributed by atoms with Crippen LogP contribution in [0.4, 0.5) is 17.3 Å². The number of halogens is 1. The van der Waals surface area contributed by atoms with Gasteiger partial charge in [-0.15, -0.1) is 0 Å².